The quantitative estimate of drug-likeness (QED) is 0.357. The second-order valence-corrected chi connectivity index (χ2v) is 5.48. The SMILES string of the molecule is CN(C)CCSC[CH]C(=O)NC(CO)(CO)CO. The third kappa shape index (κ3) is 7.17. The Morgan fingerprint density at radius 1 is 1.28 bits per heavy atom. The predicted octanol–water partition coefficient (Wildman–Crippen LogP) is -1.68. The van der Waals surface area contributed by atoms with Crippen LogP contribution in [0.3, 0.4) is 0 Å². The molecule has 0 spiro atoms. The number of aliphatic hydroxyl groups excluding tert-OH is 3. The maximum atomic E-state index is 11.5. The van der Waals surface area contributed by atoms with Crippen molar-refractivity contribution in [2.24, 2.45) is 0 Å². The summed E-state index contributed by atoms with van der Waals surface area (Å²) < 4.78 is 0. The van der Waals surface area contributed by atoms with Crippen molar-refractivity contribution in [3.63, 3.8) is 0 Å². The zero-order valence-corrected chi connectivity index (χ0v) is 11.7. The summed E-state index contributed by atoms with van der Waals surface area (Å²) in [5, 5.41) is 29.5. The molecule has 1 radical (unpaired) electrons. The molecule has 0 bridgehead atoms. The van der Waals surface area contributed by atoms with Crippen LogP contribution in [0.15, 0.2) is 0 Å². The minimum atomic E-state index is -1.35. The molecule has 7 heteroatoms. The fourth-order valence-corrected chi connectivity index (χ4v) is 1.98. The molecular weight excluding hydrogens is 256 g/mol. The Balaban J connectivity index is 3.82. The van der Waals surface area contributed by atoms with Crippen molar-refractivity contribution in [3.05, 3.63) is 6.42 Å². The first-order valence-electron chi connectivity index (χ1n) is 5.70. The topological polar surface area (TPSA) is 93.0 Å². The summed E-state index contributed by atoms with van der Waals surface area (Å²) in [4.78, 5) is 13.6. The number of carbonyl (C=O) groups is 1. The molecule has 18 heavy (non-hydrogen) atoms. The summed E-state index contributed by atoms with van der Waals surface area (Å²) in [6.45, 7) is -0.581. The van der Waals surface area contributed by atoms with Gasteiger partial charge in [0.05, 0.1) is 26.2 Å². The van der Waals surface area contributed by atoms with Gasteiger partial charge in [-0.3, -0.25) is 4.79 Å². The van der Waals surface area contributed by atoms with Gasteiger partial charge in [-0.15, -0.1) is 0 Å². The molecule has 0 rings (SSSR count). The average molecular weight is 279 g/mol. The van der Waals surface area contributed by atoms with E-state index in [1.165, 1.54) is 6.42 Å². The molecule has 0 aromatic heterocycles. The number of carbonyl (C=O) groups excluding carboxylic acids is 1. The molecular formula is C11H23N2O4S. The standard InChI is InChI=1S/C11H23N2O4S/c1-13(2)4-6-18-5-3-10(17)12-11(7-14,8-15)9-16/h3,14-16H,4-9H2,1-2H3,(H,12,17). The number of hydrogen-bond donors (Lipinski definition) is 4. The first kappa shape index (κ1) is 17.7. The predicted molar refractivity (Wildman–Crippen MR) is 72.3 cm³/mol. The smallest absolute Gasteiger partial charge is 0.225 e. The van der Waals surface area contributed by atoms with Crippen LogP contribution in [0.2, 0.25) is 0 Å². The minimum Gasteiger partial charge on any atom is -0.394 e. The van der Waals surface area contributed by atoms with Crippen molar-refractivity contribution in [1.82, 2.24) is 10.2 Å². The number of aliphatic hydroxyl groups is 3. The Morgan fingerprint density at radius 3 is 2.28 bits per heavy atom. The van der Waals surface area contributed by atoms with Gasteiger partial charge in [-0.05, 0) is 14.1 Å². The lowest BCUT2D eigenvalue weighted by Gasteiger charge is -2.28. The number of rotatable bonds is 10. The van der Waals surface area contributed by atoms with E-state index in [9.17, 15) is 4.79 Å². The third-order valence-electron chi connectivity index (χ3n) is 2.37. The Bertz CT molecular complexity index is 227. The molecule has 0 saturated heterocycles. The molecule has 0 fully saturated rings. The van der Waals surface area contributed by atoms with E-state index in [0.29, 0.717) is 5.75 Å². The van der Waals surface area contributed by atoms with Crippen molar-refractivity contribution in [3.8, 4) is 0 Å². The number of hydrogen-bond acceptors (Lipinski definition) is 6. The van der Waals surface area contributed by atoms with Gasteiger partial charge in [-0.1, -0.05) is 0 Å². The van der Waals surface area contributed by atoms with E-state index in [1.807, 2.05) is 14.1 Å². The second kappa shape index (κ2) is 9.57. The van der Waals surface area contributed by atoms with Crippen LogP contribution in [0.25, 0.3) is 0 Å². The molecule has 107 valence electrons. The summed E-state index contributed by atoms with van der Waals surface area (Å²) >= 11 is 1.61. The molecule has 0 aromatic carbocycles. The summed E-state index contributed by atoms with van der Waals surface area (Å²) in [6.07, 6.45) is 1.44. The van der Waals surface area contributed by atoms with Gasteiger partial charge in [0.2, 0.25) is 5.91 Å². The van der Waals surface area contributed by atoms with E-state index in [0.717, 1.165) is 12.3 Å². The van der Waals surface area contributed by atoms with Gasteiger partial charge in [-0.25, -0.2) is 0 Å². The van der Waals surface area contributed by atoms with E-state index >= 15 is 0 Å². The summed E-state index contributed by atoms with van der Waals surface area (Å²) in [5.74, 6) is 1.07. The first-order valence-corrected chi connectivity index (χ1v) is 6.85. The average Bonchev–Trinajstić information content (AvgIpc) is 2.35. The van der Waals surface area contributed by atoms with Crippen LogP contribution in [0.4, 0.5) is 0 Å². The van der Waals surface area contributed by atoms with Crippen LogP contribution in [0, 0.1) is 6.42 Å². The third-order valence-corrected chi connectivity index (χ3v) is 3.24. The number of thioether (sulfide) groups is 1. The van der Waals surface area contributed by atoms with Crippen LogP contribution in [-0.2, 0) is 4.79 Å². The van der Waals surface area contributed by atoms with Crippen LogP contribution >= 0.6 is 11.8 Å². The molecule has 0 aliphatic carbocycles. The van der Waals surface area contributed by atoms with Gasteiger partial charge in [0.1, 0.15) is 5.54 Å². The van der Waals surface area contributed by atoms with Gasteiger partial charge >= 0.3 is 0 Å². The van der Waals surface area contributed by atoms with Crippen molar-refractivity contribution >= 4 is 17.7 Å². The van der Waals surface area contributed by atoms with E-state index < -0.39 is 31.3 Å². The molecule has 0 aromatic rings. The van der Waals surface area contributed by atoms with Gasteiger partial charge < -0.3 is 25.5 Å². The number of amides is 1. The van der Waals surface area contributed by atoms with Crippen molar-refractivity contribution in [1.29, 1.82) is 0 Å². The molecule has 0 atom stereocenters. The highest BCUT2D eigenvalue weighted by Gasteiger charge is 2.29. The van der Waals surface area contributed by atoms with Crippen LogP contribution in [0.5, 0.6) is 0 Å². The van der Waals surface area contributed by atoms with Crippen molar-refractivity contribution < 1.29 is 20.1 Å². The number of nitrogens with zero attached hydrogens (tertiary/aromatic N) is 1. The lowest BCUT2D eigenvalue weighted by molar-refractivity contribution is -0.121. The van der Waals surface area contributed by atoms with Crippen LogP contribution in [0.1, 0.15) is 0 Å². The first-order chi connectivity index (χ1) is 8.49. The highest BCUT2D eigenvalue weighted by molar-refractivity contribution is 7.99. The van der Waals surface area contributed by atoms with E-state index in [1.54, 1.807) is 11.8 Å². The molecule has 4 N–H and O–H groups in total. The van der Waals surface area contributed by atoms with Gasteiger partial charge in [-0.2, -0.15) is 11.8 Å². The van der Waals surface area contributed by atoms with Gasteiger partial charge in [0, 0.05) is 18.1 Å². The van der Waals surface area contributed by atoms with Crippen molar-refractivity contribution in [2.75, 3.05) is 52.0 Å². The Kier molecular flexibility index (Phi) is 9.39. The zero-order valence-electron chi connectivity index (χ0n) is 10.9. The number of nitrogens with one attached hydrogen (secondary N) is 1. The monoisotopic (exact) mass is 279 g/mol. The molecule has 0 unspecified atom stereocenters. The maximum Gasteiger partial charge on any atom is 0.225 e. The van der Waals surface area contributed by atoms with E-state index in [4.69, 9.17) is 15.3 Å². The molecule has 0 saturated carbocycles. The van der Waals surface area contributed by atoms with Crippen molar-refractivity contribution in [2.45, 2.75) is 5.54 Å². The van der Waals surface area contributed by atoms with Crippen LogP contribution in [-0.4, -0.2) is 83.6 Å². The summed E-state index contributed by atoms with van der Waals surface area (Å²) in [7, 11) is 3.96. The molecule has 6 nitrogen and oxygen atoms in total. The normalized spacial score (nSPS) is 11.9. The summed E-state index contributed by atoms with van der Waals surface area (Å²) in [5.41, 5.74) is -1.35. The maximum absolute atomic E-state index is 11.5. The lowest BCUT2D eigenvalue weighted by Crippen LogP contribution is -2.57. The van der Waals surface area contributed by atoms with Gasteiger partial charge in [0.25, 0.3) is 0 Å². The highest BCUT2D eigenvalue weighted by atomic mass is 32.2. The molecule has 0 aliphatic heterocycles. The minimum absolute atomic E-state index is 0.399. The molecule has 1 amide bonds. The van der Waals surface area contributed by atoms with E-state index in [-0.39, 0.29) is 0 Å². The lowest BCUT2D eigenvalue weighted by atomic mass is 10.0. The molecule has 0 aliphatic rings. The Morgan fingerprint density at radius 2 is 1.83 bits per heavy atom. The second-order valence-electron chi connectivity index (χ2n) is 4.33. The zero-order chi connectivity index (χ0) is 14.0. The molecule has 0 heterocycles. The Labute approximate surface area is 112 Å². The fourth-order valence-electron chi connectivity index (χ4n) is 1.05. The largest absolute Gasteiger partial charge is 0.394 e. The Hall–Kier alpha value is -0.340. The highest BCUT2D eigenvalue weighted by Crippen LogP contribution is 2.05. The fraction of sp³-hybridized carbons (Fsp3) is 0.818. The van der Waals surface area contributed by atoms with E-state index in [2.05, 4.69) is 10.2 Å². The summed E-state index contributed by atoms with van der Waals surface area (Å²) in [6, 6.07) is 0. The van der Waals surface area contributed by atoms with Crippen LogP contribution < -0.4 is 5.32 Å². The van der Waals surface area contributed by atoms with Gasteiger partial charge in [0.15, 0.2) is 0 Å².